The van der Waals surface area contributed by atoms with Crippen molar-refractivity contribution < 1.29 is 4.92 Å². The summed E-state index contributed by atoms with van der Waals surface area (Å²) >= 11 is 0. The Labute approximate surface area is 139 Å². The van der Waals surface area contributed by atoms with E-state index in [2.05, 4.69) is 36.3 Å². The van der Waals surface area contributed by atoms with Crippen LogP contribution in [0.15, 0.2) is 36.4 Å². The number of nitrogens with one attached hydrogen (secondary N) is 2. The van der Waals surface area contributed by atoms with E-state index >= 15 is 0 Å². The molecule has 0 saturated carbocycles. The molecular weight excluding hydrogens is 302 g/mol. The Bertz CT molecular complexity index is 959. The fourth-order valence-corrected chi connectivity index (χ4v) is 3.87. The molecule has 0 aliphatic carbocycles. The standard InChI is InChI=1S/C19H19N3O2/c1-11-8-12(2)17-15-6-7-20-18(19(15)21-16(17)9-11)13-4-3-5-14(10-13)22(23)24/h3-5,8-10,18,20-21H,6-7H2,1-2H3. The first-order chi connectivity index (χ1) is 11.5. The van der Waals surface area contributed by atoms with Crippen molar-refractivity contribution in [2.45, 2.75) is 26.3 Å². The van der Waals surface area contributed by atoms with Crippen molar-refractivity contribution in [3.05, 3.63) is 74.5 Å². The maximum atomic E-state index is 11.1. The van der Waals surface area contributed by atoms with Crippen molar-refractivity contribution in [3.63, 3.8) is 0 Å². The van der Waals surface area contributed by atoms with E-state index in [1.807, 2.05) is 6.07 Å². The molecular formula is C19H19N3O2. The highest BCUT2D eigenvalue weighted by Crippen LogP contribution is 2.36. The number of non-ortho nitro benzene ring substituents is 1. The number of nitro groups is 1. The van der Waals surface area contributed by atoms with Gasteiger partial charge in [-0.3, -0.25) is 10.1 Å². The Morgan fingerprint density at radius 1 is 1.21 bits per heavy atom. The lowest BCUT2D eigenvalue weighted by Crippen LogP contribution is -2.30. The van der Waals surface area contributed by atoms with Crippen LogP contribution in [0.4, 0.5) is 5.69 Å². The molecule has 0 saturated heterocycles. The summed E-state index contributed by atoms with van der Waals surface area (Å²) in [7, 11) is 0. The van der Waals surface area contributed by atoms with Crippen LogP contribution in [0.25, 0.3) is 10.9 Å². The van der Waals surface area contributed by atoms with Gasteiger partial charge in [-0.05, 0) is 48.6 Å². The number of aromatic nitrogens is 1. The lowest BCUT2D eigenvalue weighted by Gasteiger charge is -2.24. The molecule has 2 aromatic carbocycles. The van der Waals surface area contributed by atoms with Crippen LogP contribution in [-0.2, 0) is 6.42 Å². The minimum Gasteiger partial charge on any atom is -0.357 e. The second kappa shape index (κ2) is 5.46. The van der Waals surface area contributed by atoms with E-state index in [-0.39, 0.29) is 16.7 Å². The van der Waals surface area contributed by atoms with Crippen LogP contribution in [0.2, 0.25) is 0 Å². The third-order valence-corrected chi connectivity index (χ3v) is 4.80. The zero-order valence-corrected chi connectivity index (χ0v) is 13.7. The van der Waals surface area contributed by atoms with Crippen LogP contribution < -0.4 is 5.32 Å². The van der Waals surface area contributed by atoms with Crippen LogP contribution in [0.5, 0.6) is 0 Å². The second-order valence-corrected chi connectivity index (χ2v) is 6.51. The number of H-pyrrole nitrogens is 1. The predicted molar refractivity (Wildman–Crippen MR) is 94.4 cm³/mol. The molecule has 0 bridgehead atoms. The maximum absolute atomic E-state index is 11.1. The van der Waals surface area contributed by atoms with Gasteiger partial charge in [-0.15, -0.1) is 0 Å². The second-order valence-electron chi connectivity index (χ2n) is 6.51. The van der Waals surface area contributed by atoms with Gasteiger partial charge in [-0.1, -0.05) is 18.2 Å². The maximum Gasteiger partial charge on any atom is 0.269 e. The summed E-state index contributed by atoms with van der Waals surface area (Å²) in [4.78, 5) is 14.3. The third-order valence-electron chi connectivity index (χ3n) is 4.80. The molecule has 5 nitrogen and oxygen atoms in total. The fraction of sp³-hybridized carbons (Fsp3) is 0.263. The smallest absolute Gasteiger partial charge is 0.269 e. The molecule has 0 amide bonds. The van der Waals surface area contributed by atoms with Crippen LogP contribution in [0.3, 0.4) is 0 Å². The summed E-state index contributed by atoms with van der Waals surface area (Å²) in [6, 6.07) is 11.2. The van der Waals surface area contributed by atoms with E-state index < -0.39 is 0 Å². The number of nitrogens with zero attached hydrogens (tertiary/aromatic N) is 1. The molecule has 2 N–H and O–H groups in total. The quantitative estimate of drug-likeness (QED) is 0.555. The van der Waals surface area contributed by atoms with Crippen LogP contribution in [-0.4, -0.2) is 16.5 Å². The zero-order chi connectivity index (χ0) is 16.8. The van der Waals surface area contributed by atoms with Gasteiger partial charge in [-0.2, -0.15) is 0 Å². The molecule has 24 heavy (non-hydrogen) atoms. The SMILES string of the molecule is Cc1cc(C)c2c3c([nH]c2c1)C(c1cccc([N+](=O)[O-])c1)NCC3. The Morgan fingerprint density at radius 2 is 2.04 bits per heavy atom. The van der Waals surface area contributed by atoms with Crippen molar-refractivity contribution in [2.24, 2.45) is 0 Å². The largest absolute Gasteiger partial charge is 0.357 e. The number of nitro benzene ring substituents is 1. The van der Waals surface area contributed by atoms with E-state index in [9.17, 15) is 10.1 Å². The van der Waals surface area contributed by atoms with Gasteiger partial charge < -0.3 is 10.3 Å². The Balaban J connectivity index is 1.89. The van der Waals surface area contributed by atoms with Crippen molar-refractivity contribution in [1.82, 2.24) is 10.3 Å². The van der Waals surface area contributed by atoms with Gasteiger partial charge in [0.1, 0.15) is 0 Å². The van der Waals surface area contributed by atoms with Crippen molar-refractivity contribution >= 4 is 16.6 Å². The van der Waals surface area contributed by atoms with E-state index in [0.717, 1.165) is 29.7 Å². The molecule has 0 spiro atoms. The summed E-state index contributed by atoms with van der Waals surface area (Å²) < 4.78 is 0. The van der Waals surface area contributed by atoms with E-state index in [4.69, 9.17) is 0 Å². The van der Waals surface area contributed by atoms with Crippen LogP contribution >= 0.6 is 0 Å². The Morgan fingerprint density at radius 3 is 2.83 bits per heavy atom. The molecule has 5 heteroatoms. The first kappa shape index (κ1) is 14.9. The van der Waals surface area contributed by atoms with Gasteiger partial charge in [0.15, 0.2) is 0 Å². The normalized spacial score (nSPS) is 17.0. The molecule has 1 atom stereocenters. The minimum atomic E-state index is -0.341. The van der Waals surface area contributed by atoms with Crippen molar-refractivity contribution in [2.75, 3.05) is 6.54 Å². The highest BCUT2D eigenvalue weighted by Gasteiger charge is 2.26. The molecule has 2 heterocycles. The summed E-state index contributed by atoms with van der Waals surface area (Å²) in [6.07, 6.45) is 0.963. The van der Waals surface area contributed by atoms with Crippen molar-refractivity contribution in [3.8, 4) is 0 Å². The van der Waals surface area contributed by atoms with Gasteiger partial charge in [0.2, 0.25) is 0 Å². The highest BCUT2D eigenvalue weighted by molar-refractivity contribution is 5.89. The topological polar surface area (TPSA) is 71.0 Å². The summed E-state index contributed by atoms with van der Waals surface area (Å²) in [6.45, 7) is 5.11. The number of hydrogen-bond acceptors (Lipinski definition) is 3. The van der Waals surface area contributed by atoms with E-state index in [1.54, 1.807) is 12.1 Å². The fourth-order valence-electron chi connectivity index (χ4n) is 3.87. The van der Waals surface area contributed by atoms with Crippen molar-refractivity contribution in [1.29, 1.82) is 0 Å². The number of benzene rings is 2. The molecule has 3 aromatic rings. The number of aromatic amines is 1. The first-order valence-electron chi connectivity index (χ1n) is 8.14. The molecule has 1 aliphatic heterocycles. The average Bonchev–Trinajstić information content (AvgIpc) is 2.93. The van der Waals surface area contributed by atoms with Gasteiger partial charge >= 0.3 is 0 Å². The minimum absolute atomic E-state index is 0.0410. The lowest BCUT2D eigenvalue weighted by molar-refractivity contribution is -0.384. The van der Waals surface area contributed by atoms with Gasteiger partial charge in [-0.25, -0.2) is 0 Å². The van der Waals surface area contributed by atoms with Gasteiger partial charge in [0, 0.05) is 35.3 Å². The average molecular weight is 321 g/mol. The van der Waals surface area contributed by atoms with E-state index in [1.165, 1.54) is 28.1 Å². The number of fused-ring (bicyclic) bond motifs is 3. The zero-order valence-electron chi connectivity index (χ0n) is 13.7. The molecule has 1 unspecified atom stereocenters. The molecule has 122 valence electrons. The predicted octanol–water partition coefficient (Wildman–Crippen LogP) is 3.93. The monoisotopic (exact) mass is 321 g/mol. The summed E-state index contributed by atoms with van der Waals surface area (Å²) in [5, 5.41) is 15.9. The highest BCUT2D eigenvalue weighted by atomic mass is 16.6. The molecule has 1 aliphatic rings. The molecule has 4 rings (SSSR count). The number of hydrogen-bond donors (Lipinski definition) is 2. The van der Waals surface area contributed by atoms with E-state index in [0.29, 0.717) is 0 Å². The van der Waals surface area contributed by atoms with Crippen LogP contribution in [0, 0.1) is 24.0 Å². The number of rotatable bonds is 2. The summed E-state index contributed by atoms with van der Waals surface area (Å²) in [5.74, 6) is 0. The van der Waals surface area contributed by atoms with Gasteiger partial charge in [0.05, 0.1) is 11.0 Å². The third kappa shape index (κ3) is 2.29. The lowest BCUT2D eigenvalue weighted by atomic mass is 9.93. The molecule has 1 aromatic heterocycles. The summed E-state index contributed by atoms with van der Waals surface area (Å²) in [5.41, 5.74) is 7.18. The number of aryl methyl sites for hydroxylation is 2. The molecule has 0 fully saturated rings. The Kier molecular flexibility index (Phi) is 3.39. The first-order valence-corrected chi connectivity index (χ1v) is 8.14. The molecule has 0 radical (unpaired) electrons. The Hall–Kier alpha value is -2.66. The van der Waals surface area contributed by atoms with Crippen LogP contribution in [0.1, 0.15) is 34.0 Å². The van der Waals surface area contributed by atoms with Gasteiger partial charge in [0.25, 0.3) is 5.69 Å².